The van der Waals surface area contributed by atoms with Crippen LogP contribution in [-0.4, -0.2) is 20.3 Å². The summed E-state index contributed by atoms with van der Waals surface area (Å²) < 4.78 is 0. The maximum atomic E-state index is 9.36. The van der Waals surface area contributed by atoms with Gasteiger partial charge in [-0.25, -0.2) is 4.98 Å². The van der Waals surface area contributed by atoms with Crippen molar-refractivity contribution in [1.82, 2.24) is 15.2 Å². The van der Waals surface area contributed by atoms with Crippen LogP contribution in [0.25, 0.3) is 0 Å². The first-order chi connectivity index (χ1) is 5.34. The maximum absolute atomic E-state index is 9.36. The summed E-state index contributed by atoms with van der Waals surface area (Å²) in [6.45, 7) is 3.56. The normalized spacial score (nSPS) is 12.8. The van der Waals surface area contributed by atoms with Gasteiger partial charge in [0.1, 0.15) is 12.4 Å². The molecule has 0 saturated carbocycles. The highest BCUT2D eigenvalue weighted by Crippen LogP contribution is 2.12. The van der Waals surface area contributed by atoms with Gasteiger partial charge in [-0.3, -0.25) is 5.10 Å². The van der Waals surface area contributed by atoms with Crippen molar-refractivity contribution >= 4 is 0 Å². The first kappa shape index (κ1) is 7.94. The maximum Gasteiger partial charge on any atom is 0.153 e. The summed E-state index contributed by atoms with van der Waals surface area (Å²) in [6.07, 6.45) is 4.02. The van der Waals surface area contributed by atoms with Gasteiger partial charge in [-0.05, 0) is 12.8 Å². The van der Waals surface area contributed by atoms with Gasteiger partial charge in [0.25, 0.3) is 0 Å². The highest BCUT2D eigenvalue weighted by Gasteiger charge is 2.07. The summed E-state index contributed by atoms with van der Waals surface area (Å²) in [4.78, 5) is 3.82. The Hall–Kier alpha value is -1.16. The zero-order valence-corrected chi connectivity index (χ0v) is 6.20. The Morgan fingerprint density at radius 2 is 2.64 bits per heavy atom. The zero-order valence-electron chi connectivity index (χ0n) is 6.20. The van der Waals surface area contributed by atoms with Crippen LogP contribution in [0.4, 0.5) is 0 Å². The molecule has 4 heteroatoms. The number of hydrogen-bond acceptors (Lipinski definition) is 3. The van der Waals surface area contributed by atoms with E-state index < -0.39 is 6.10 Å². The van der Waals surface area contributed by atoms with Gasteiger partial charge in [0, 0.05) is 0 Å². The monoisotopic (exact) mass is 153 g/mol. The summed E-state index contributed by atoms with van der Waals surface area (Å²) in [5.74, 6) is 0.520. The summed E-state index contributed by atoms with van der Waals surface area (Å²) in [7, 11) is 0. The van der Waals surface area contributed by atoms with Crippen LogP contribution in [0.5, 0.6) is 0 Å². The molecule has 1 aromatic rings. The average molecular weight is 153 g/mol. The molecule has 0 aliphatic carbocycles. The SMILES string of the molecule is C=CCCC(O)c1ncn[nH]1. The molecule has 0 saturated heterocycles. The van der Waals surface area contributed by atoms with E-state index in [1.165, 1.54) is 6.33 Å². The van der Waals surface area contributed by atoms with Crippen molar-refractivity contribution in [2.45, 2.75) is 18.9 Å². The van der Waals surface area contributed by atoms with Crippen LogP contribution in [0.3, 0.4) is 0 Å². The minimum absolute atomic E-state index is 0.520. The fraction of sp³-hybridized carbons (Fsp3) is 0.429. The third-order valence-electron chi connectivity index (χ3n) is 1.39. The molecule has 0 amide bonds. The van der Waals surface area contributed by atoms with Crippen molar-refractivity contribution in [3.05, 3.63) is 24.8 Å². The van der Waals surface area contributed by atoms with Crippen molar-refractivity contribution in [3.63, 3.8) is 0 Å². The number of aromatic amines is 1. The molecule has 1 aromatic heterocycles. The Morgan fingerprint density at radius 1 is 1.82 bits per heavy atom. The number of H-pyrrole nitrogens is 1. The predicted octanol–water partition coefficient (Wildman–Crippen LogP) is 0.804. The van der Waals surface area contributed by atoms with E-state index in [-0.39, 0.29) is 0 Å². The van der Waals surface area contributed by atoms with Crippen LogP contribution in [0.1, 0.15) is 24.8 Å². The topological polar surface area (TPSA) is 61.8 Å². The first-order valence-corrected chi connectivity index (χ1v) is 3.49. The Balaban J connectivity index is 2.42. The number of aliphatic hydroxyl groups is 1. The molecule has 1 atom stereocenters. The highest BCUT2D eigenvalue weighted by atomic mass is 16.3. The number of rotatable bonds is 4. The van der Waals surface area contributed by atoms with Crippen molar-refractivity contribution < 1.29 is 5.11 Å². The molecule has 1 unspecified atom stereocenters. The fourth-order valence-corrected chi connectivity index (χ4v) is 0.788. The summed E-state index contributed by atoms with van der Waals surface area (Å²) in [5.41, 5.74) is 0. The molecule has 0 spiro atoms. The molecule has 0 aromatic carbocycles. The molecule has 0 aliphatic heterocycles. The number of nitrogens with zero attached hydrogens (tertiary/aromatic N) is 2. The highest BCUT2D eigenvalue weighted by molar-refractivity contribution is 4.87. The van der Waals surface area contributed by atoms with Crippen LogP contribution < -0.4 is 0 Å². The van der Waals surface area contributed by atoms with Gasteiger partial charge >= 0.3 is 0 Å². The van der Waals surface area contributed by atoms with E-state index in [1.807, 2.05) is 0 Å². The number of aliphatic hydroxyl groups excluding tert-OH is 1. The molecule has 1 rings (SSSR count). The number of hydrogen-bond donors (Lipinski definition) is 2. The lowest BCUT2D eigenvalue weighted by molar-refractivity contribution is 0.159. The van der Waals surface area contributed by atoms with Gasteiger partial charge in [0.2, 0.25) is 0 Å². The van der Waals surface area contributed by atoms with Gasteiger partial charge in [0.05, 0.1) is 0 Å². The average Bonchev–Trinajstić information content (AvgIpc) is 2.52. The summed E-state index contributed by atoms with van der Waals surface area (Å²) in [6, 6.07) is 0. The minimum Gasteiger partial charge on any atom is -0.385 e. The van der Waals surface area contributed by atoms with E-state index in [4.69, 9.17) is 0 Å². The third kappa shape index (κ3) is 2.16. The lowest BCUT2D eigenvalue weighted by atomic mass is 10.2. The fourth-order valence-electron chi connectivity index (χ4n) is 0.788. The van der Waals surface area contributed by atoms with Crippen molar-refractivity contribution in [2.75, 3.05) is 0 Å². The van der Waals surface area contributed by atoms with E-state index in [0.29, 0.717) is 12.2 Å². The van der Waals surface area contributed by atoms with Crippen LogP contribution in [0.15, 0.2) is 19.0 Å². The lowest BCUT2D eigenvalue weighted by Crippen LogP contribution is -1.98. The van der Waals surface area contributed by atoms with Crippen LogP contribution in [0.2, 0.25) is 0 Å². The first-order valence-electron chi connectivity index (χ1n) is 3.49. The van der Waals surface area contributed by atoms with Crippen LogP contribution >= 0.6 is 0 Å². The number of aromatic nitrogens is 3. The van der Waals surface area contributed by atoms with E-state index in [0.717, 1.165) is 6.42 Å². The molecule has 11 heavy (non-hydrogen) atoms. The number of allylic oxidation sites excluding steroid dienone is 1. The van der Waals surface area contributed by atoms with Crippen molar-refractivity contribution in [3.8, 4) is 0 Å². The summed E-state index contributed by atoms with van der Waals surface area (Å²) in [5, 5.41) is 15.6. The molecule has 4 nitrogen and oxygen atoms in total. The van der Waals surface area contributed by atoms with Crippen molar-refractivity contribution in [2.24, 2.45) is 0 Å². The van der Waals surface area contributed by atoms with Crippen LogP contribution in [0, 0.1) is 0 Å². The Labute approximate surface area is 65.0 Å². The van der Waals surface area contributed by atoms with Gasteiger partial charge in [-0.15, -0.1) is 6.58 Å². The Kier molecular flexibility index (Phi) is 2.80. The van der Waals surface area contributed by atoms with E-state index in [9.17, 15) is 5.11 Å². The van der Waals surface area contributed by atoms with E-state index >= 15 is 0 Å². The van der Waals surface area contributed by atoms with Gasteiger partial charge in [0.15, 0.2) is 5.82 Å². The molecule has 0 bridgehead atoms. The molecule has 1 heterocycles. The zero-order chi connectivity index (χ0) is 8.10. The lowest BCUT2D eigenvalue weighted by Gasteiger charge is -2.03. The second-order valence-electron chi connectivity index (χ2n) is 2.25. The third-order valence-corrected chi connectivity index (χ3v) is 1.39. The Morgan fingerprint density at radius 3 is 3.18 bits per heavy atom. The van der Waals surface area contributed by atoms with Gasteiger partial charge < -0.3 is 5.11 Å². The van der Waals surface area contributed by atoms with E-state index in [1.54, 1.807) is 6.08 Å². The molecular formula is C7H11N3O. The Bertz CT molecular complexity index is 207. The molecule has 60 valence electrons. The second-order valence-corrected chi connectivity index (χ2v) is 2.25. The van der Waals surface area contributed by atoms with Crippen molar-refractivity contribution in [1.29, 1.82) is 0 Å². The van der Waals surface area contributed by atoms with E-state index in [2.05, 4.69) is 21.8 Å². The standard InChI is InChI=1S/C7H11N3O/c1-2-3-4-6(11)7-8-5-9-10-7/h2,5-6,11H,1,3-4H2,(H,8,9,10). The number of nitrogens with one attached hydrogen (secondary N) is 1. The molecule has 0 radical (unpaired) electrons. The minimum atomic E-state index is -0.546. The molecule has 2 N–H and O–H groups in total. The molecule has 0 fully saturated rings. The largest absolute Gasteiger partial charge is 0.385 e. The molecular weight excluding hydrogens is 142 g/mol. The second kappa shape index (κ2) is 3.88. The van der Waals surface area contributed by atoms with Gasteiger partial charge in [-0.2, -0.15) is 5.10 Å². The smallest absolute Gasteiger partial charge is 0.153 e. The molecule has 0 aliphatic rings. The predicted molar refractivity (Wildman–Crippen MR) is 40.8 cm³/mol. The quantitative estimate of drug-likeness (QED) is 0.629. The van der Waals surface area contributed by atoms with Crippen LogP contribution in [-0.2, 0) is 0 Å². The summed E-state index contributed by atoms with van der Waals surface area (Å²) >= 11 is 0. The van der Waals surface area contributed by atoms with Gasteiger partial charge in [-0.1, -0.05) is 6.08 Å².